The third-order valence-corrected chi connectivity index (χ3v) is 1.32. The quantitative estimate of drug-likeness (QED) is 0.691. The van der Waals surface area contributed by atoms with Gasteiger partial charge in [0.15, 0.2) is 5.82 Å². The Labute approximate surface area is 65.8 Å². The van der Waals surface area contributed by atoms with Crippen LogP contribution in [0.4, 0.5) is 0 Å². The van der Waals surface area contributed by atoms with Gasteiger partial charge >= 0.3 is 0 Å². The van der Waals surface area contributed by atoms with E-state index in [1.807, 2.05) is 13.8 Å². The standard InChI is InChI=1S/C7H13N3O/c1-3-7-9-6(10-11-7)4-5(2)8/h5H,3-4,8H2,1-2H3. The Bertz CT molecular complexity index is 219. The average Bonchev–Trinajstić information content (AvgIpc) is 2.34. The molecule has 0 saturated carbocycles. The summed E-state index contributed by atoms with van der Waals surface area (Å²) in [6.45, 7) is 3.89. The molecule has 0 aromatic carbocycles. The van der Waals surface area contributed by atoms with Crippen molar-refractivity contribution in [2.24, 2.45) is 5.73 Å². The van der Waals surface area contributed by atoms with Gasteiger partial charge in [0.1, 0.15) is 0 Å². The molecule has 1 aromatic rings. The third kappa shape index (κ3) is 2.31. The van der Waals surface area contributed by atoms with Crippen LogP contribution >= 0.6 is 0 Å². The normalized spacial score (nSPS) is 13.4. The lowest BCUT2D eigenvalue weighted by Gasteiger charge is -1.96. The topological polar surface area (TPSA) is 64.9 Å². The van der Waals surface area contributed by atoms with E-state index in [9.17, 15) is 0 Å². The minimum atomic E-state index is 0.0947. The summed E-state index contributed by atoms with van der Waals surface area (Å²) in [5.74, 6) is 1.39. The predicted molar refractivity (Wildman–Crippen MR) is 41.0 cm³/mol. The molecule has 0 bridgehead atoms. The molecule has 1 heterocycles. The lowest BCUT2D eigenvalue weighted by Crippen LogP contribution is -2.18. The number of nitrogens with two attached hydrogens (primary N) is 1. The minimum Gasteiger partial charge on any atom is -0.339 e. The molecular weight excluding hydrogens is 142 g/mol. The van der Waals surface area contributed by atoms with Gasteiger partial charge in [-0.15, -0.1) is 0 Å². The van der Waals surface area contributed by atoms with Gasteiger partial charge in [0.25, 0.3) is 0 Å². The summed E-state index contributed by atoms with van der Waals surface area (Å²) in [4.78, 5) is 4.11. The smallest absolute Gasteiger partial charge is 0.226 e. The molecule has 1 atom stereocenters. The fraction of sp³-hybridized carbons (Fsp3) is 0.714. The van der Waals surface area contributed by atoms with E-state index in [1.54, 1.807) is 0 Å². The van der Waals surface area contributed by atoms with Crippen LogP contribution in [0.3, 0.4) is 0 Å². The molecule has 0 radical (unpaired) electrons. The maximum atomic E-state index is 5.55. The van der Waals surface area contributed by atoms with Gasteiger partial charge in [-0.05, 0) is 6.92 Å². The van der Waals surface area contributed by atoms with E-state index < -0.39 is 0 Å². The van der Waals surface area contributed by atoms with Crippen molar-refractivity contribution in [3.63, 3.8) is 0 Å². The first-order valence-corrected chi connectivity index (χ1v) is 3.79. The van der Waals surface area contributed by atoms with Crippen LogP contribution in [0.2, 0.25) is 0 Å². The van der Waals surface area contributed by atoms with Crippen LogP contribution in [-0.4, -0.2) is 16.2 Å². The minimum absolute atomic E-state index is 0.0947. The van der Waals surface area contributed by atoms with E-state index in [1.165, 1.54) is 0 Å². The molecule has 4 nitrogen and oxygen atoms in total. The Hall–Kier alpha value is -0.900. The molecule has 0 aliphatic rings. The summed E-state index contributed by atoms with van der Waals surface area (Å²) in [6.07, 6.45) is 1.47. The molecule has 0 aliphatic carbocycles. The van der Waals surface area contributed by atoms with Gasteiger partial charge in [-0.25, -0.2) is 0 Å². The second-order valence-corrected chi connectivity index (χ2v) is 2.64. The van der Waals surface area contributed by atoms with Crippen molar-refractivity contribution in [3.05, 3.63) is 11.7 Å². The van der Waals surface area contributed by atoms with Crippen LogP contribution in [-0.2, 0) is 12.8 Å². The number of hydrogen-bond acceptors (Lipinski definition) is 4. The maximum absolute atomic E-state index is 5.55. The maximum Gasteiger partial charge on any atom is 0.226 e. The van der Waals surface area contributed by atoms with E-state index in [4.69, 9.17) is 10.3 Å². The Kier molecular flexibility index (Phi) is 2.59. The fourth-order valence-corrected chi connectivity index (χ4v) is 0.805. The molecule has 0 saturated heterocycles. The SMILES string of the molecule is CCc1nc(CC(C)N)no1. The van der Waals surface area contributed by atoms with Crippen LogP contribution in [0.1, 0.15) is 25.6 Å². The number of rotatable bonds is 3. The van der Waals surface area contributed by atoms with Crippen molar-refractivity contribution in [2.45, 2.75) is 32.7 Å². The number of aryl methyl sites for hydroxylation is 1. The molecule has 0 spiro atoms. The van der Waals surface area contributed by atoms with E-state index in [2.05, 4.69) is 10.1 Å². The van der Waals surface area contributed by atoms with Crippen molar-refractivity contribution < 1.29 is 4.52 Å². The lowest BCUT2D eigenvalue weighted by atomic mass is 10.2. The molecule has 0 amide bonds. The number of nitrogens with zero attached hydrogens (tertiary/aromatic N) is 2. The summed E-state index contributed by atoms with van der Waals surface area (Å²) in [5.41, 5.74) is 5.55. The van der Waals surface area contributed by atoms with Crippen LogP contribution in [0.5, 0.6) is 0 Å². The summed E-state index contributed by atoms with van der Waals surface area (Å²) in [5, 5.41) is 3.76. The second kappa shape index (κ2) is 3.48. The molecule has 0 aliphatic heterocycles. The molecule has 62 valence electrons. The number of hydrogen-bond donors (Lipinski definition) is 1. The predicted octanol–water partition coefficient (Wildman–Crippen LogP) is 0.522. The highest BCUT2D eigenvalue weighted by molar-refractivity contribution is 4.87. The summed E-state index contributed by atoms with van der Waals surface area (Å²) < 4.78 is 4.90. The van der Waals surface area contributed by atoms with Crippen molar-refractivity contribution >= 4 is 0 Å². The van der Waals surface area contributed by atoms with Gasteiger partial charge in [0.2, 0.25) is 5.89 Å². The Morgan fingerprint density at radius 1 is 1.64 bits per heavy atom. The van der Waals surface area contributed by atoms with Gasteiger partial charge in [0, 0.05) is 18.9 Å². The van der Waals surface area contributed by atoms with Crippen LogP contribution in [0.15, 0.2) is 4.52 Å². The van der Waals surface area contributed by atoms with Gasteiger partial charge < -0.3 is 10.3 Å². The van der Waals surface area contributed by atoms with Gasteiger partial charge in [-0.3, -0.25) is 0 Å². The van der Waals surface area contributed by atoms with E-state index in [-0.39, 0.29) is 6.04 Å². The highest BCUT2D eigenvalue weighted by Crippen LogP contribution is 1.99. The molecule has 11 heavy (non-hydrogen) atoms. The van der Waals surface area contributed by atoms with Crippen molar-refractivity contribution in [1.82, 2.24) is 10.1 Å². The number of aromatic nitrogens is 2. The molecule has 0 fully saturated rings. The summed E-state index contributed by atoms with van der Waals surface area (Å²) in [7, 11) is 0. The third-order valence-electron chi connectivity index (χ3n) is 1.32. The largest absolute Gasteiger partial charge is 0.339 e. The zero-order valence-electron chi connectivity index (χ0n) is 6.87. The first kappa shape index (κ1) is 8.20. The Morgan fingerprint density at radius 2 is 2.36 bits per heavy atom. The molecule has 2 N–H and O–H groups in total. The Balaban J connectivity index is 2.58. The first-order valence-electron chi connectivity index (χ1n) is 3.79. The first-order chi connectivity index (χ1) is 5.22. The molecule has 1 rings (SSSR count). The van der Waals surface area contributed by atoms with Crippen LogP contribution in [0, 0.1) is 0 Å². The highest BCUT2D eigenvalue weighted by atomic mass is 16.5. The molecule has 4 heteroatoms. The van der Waals surface area contributed by atoms with E-state index >= 15 is 0 Å². The van der Waals surface area contributed by atoms with Gasteiger partial charge in [0.05, 0.1) is 0 Å². The zero-order valence-corrected chi connectivity index (χ0v) is 6.87. The summed E-state index contributed by atoms with van der Waals surface area (Å²) in [6, 6.07) is 0.0947. The van der Waals surface area contributed by atoms with Crippen molar-refractivity contribution in [1.29, 1.82) is 0 Å². The van der Waals surface area contributed by atoms with Gasteiger partial charge in [-0.2, -0.15) is 4.98 Å². The highest BCUT2D eigenvalue weighted by Gasteiger charge is 2.05. The van der Waals surface area contributed by atoms with Crippen LogP contribution < -0.4 is 5.73 Å². The molecule has 1 aromatic heterocycles. The van der Waals surface area contributed by atoms with Crippen molar-refractivity contribution in [2.75, 3.05) is 0 Å². The second-order valence-electron chi connectivity index (χ2n) is 2.64. The molecular formula is C7H13N3O. The summed E-state index contributed by atoms with van der Waals surface area (Å²) >= 11 is 0. The molecule has 1 unspecified atom stereocenters. The van der Waals surface area contributed by atoms with E-state index in [0.29, 0.717) is 18.1 Å². The van der Waals surface area contributed by atoms with Crippen LogP contribution in [0.25, 0.3) is 0 Å². The average molecular weight is 155 g/mol. The fourth-order valence-electron chi connectivity index (χ4n) is 0.805. The zero-order chi connectivity index (χ0) is 8.27. The Morgan fingerprint density at radius 3 is 2.82 bits per heavy atom. The van der Waals surface area contributed by atoms with E-state index in [0.717, 1.165) is 6.42 Å². The monoisotopic (exact) mass is 155 g/mol. The van der Waals surface area contributed by atoms with Crippen molar-refractivity contribution in [3.8, 4) is 0 Å². The van der Waals surface area contributed by atoms with Gasteiger partial charge in [-0.1, -0.05) is 12.1 Å². The lowest BCUT2D eigenvalue weighted by molar-refractivity contribution is 0.375.